The number of ether oxygens (including phenoxy) is 2. The first kappa shape index (κ1) is 8.52. The first-order chi connectivity index (χ1) is 6.79. The Bertz CT molecular complexity index is 429. The average molecular weight is 187 g/mol. The molecule has 0 saturated heterocycles. The van der Waals surface area contributed by atoms with Gasteiger partial charge in [-0.3, -0.25) is 0 Å². The molecular weight excluding hydrogens is 178 g/mol. The molecule has 1 heterocycles. The monoisotopic (exact) mass is 187 g/mol. The first-order valence-electron chi connectivity index (χ1n) is 4.13. The highest BCUT2D eigenvalue weighted by molar-refractivity contribution is 5.60. The molecule has 0 bridgehead atoms. The number of hydrogen-bond donors (Lipinski definition) is 1. The van der Waals surface area contributed by atoms with E-state index < -0.39 is 0 Å². The largest absolute Gasteiger partial charge is 0.454 e. The zero-order valence-corrected chi connectivity index (χ0v) is 7.49. The Hall–Kier alpha value is -2.08. The molecule has 70 valence electrons. The lowest BCUT2D eigenvalue weighted by Gasteiger charge is -1.97. The van der Waals surface area contributed by atoms with Crippen molar-refractivity contribution in [1.82, 2.24) is 0 Å². The van der Waals surface area contributed by atoms with Crippen molar-refractivity contribution >= 4 is 6.08 Å². The second kappa shape index (κ2) is 3.35. The summed E-state index contributed by atoms with van der Waals surface area (Å²) >= 11 is 0. The van der Waals surface area contributed by atoms with Gasteiger partial charge in [0.25, 0.3) is 0 Å². The summed E-state index contributed by atoms with van der Waals surface area (Å²) in [5.74, 6) is 3.82. The summed E-state index contributed by atoms with van der Waals surface area (Å²) < 4.78 is 10.4. The van der Waals surface area contributed by atoms with Gasteiger partial charge in [0.1, 0.15) is 0 Å². The van der Waals surface area contributed by atoms with Gasteiger partial charge >= 0.3 is 0 Å². The minimum absolute atomic E-state index is 0.271. The highest BCUT2D eigenvalue weighted by atomic mass is 16.7. The van der Waals surface area contributed by atoms with Crippen LogP contribution in [0.4, 0.5) is 0 Å². The lowest BCUT2D eigenvalue weighted by atomic mass is 10.2. The number of nitrogens with two attached hydrogens (primary N) is 1. The predicted molar refractivity (Wildman–Crippen MR) is 53.6 cm³/mol. The van der Waals surface area contributed by atoms with Crippen LogP contribution in [0.1, 0.15) is 5.56 Å². The van der Waals surface area contributed by atoms with Crippen molar-refractivity contribution in [3.8, 4) is 23.8 Å². The third kappa shape index (κ3) is 1.50. The van der Waals surface area contributed by atoms with E-state index in [2.05, 4.69) is 5.92 Å². The molecule has 14 heavy (non-hydrogen) atoms. The number of terminal acetylenes is 1. The third-order valence-corrected chi connectivity index (χ3v) is 1.89. The normalized spacial score (nSPS) is 13.8. The minimum atomic E-state index is 0.271. The molecule has 2 rings (SSSR count). The van der Waals surface area contributed by atoms with Crippen molar-refractivity contribution in [3.05, 3.63) is 29.5 Å². The lowest BCUT2D eigenvalue weighted by Crippen LogP contribution is -1.93. The van der Waals surface area contributed by atoms with Gasteiger partial charge in [-0.15, -0.1) is 6.42 Å². The number of fused-ring (bicyclic) bond motifs is 1. The van der Waals surface area contributed by atoms with E-state index in [4.69, 9.17) is 21.6 Å². The van der Waals surface area contributed by atoms with E-state index in [9.17, 15) is 0 Å². The average Bonchev–Trinajstić information content (AvgIpc) is 2.64. The van der Waals surface area contributed by atoms with Crippen molar-refractivity contribution in [3.63, 3.8) is 0 Å². The molecule has 2 N–H and O–H groups in total. The van der Waals surface area contributed by atoms with Crippen LogP contribution in [0.5, 0.6) is 11.5 Å². The van der Waals surface area contributed by atoms with Gasteiger partial charge in [-0.25, -0.2) is 0 Å². The standard InChI is InChI=1S/C11H9NO2/c1-2-9(12)5-8-3-4-10-11(6-8)14-7-13-10/h1,3-6H,7,12H2/b9-5-. The molecule has 0 atom stereocenters. The van der Waals surface area contributed by atoms with E-state index in [1.807, 2.05) is 18.2 Å². The van der Waals surface area contributed by atoms with Crippen LogP contribution in [-0.2, 0) is 0 Å². The number of benzene rings is 1. The topological polar surface area (TPSA) is 44.5 Å². The third-order valence-electron chi connectivity index (χ3n) is 1.89. The molecule has 1 aliphatic rings. The van der Waals surface area contributed by atoms with Gasteiger partial charge in [0.15, 0.2) is 11.5 Å². The second-order valence-electron chi connectivity index (χ2n) is 2.86. The lowest BCUT2D eigenvalue weighted by molar-refractivity contribution is 0.174. The SMILES string of the molecule is C#C/C(N)=C/c1ccc2c(c1)OCO2. The molecule has 1 aromatic carbocycles. The van der Waals surface area contributed by atoms with Crippen LogP contribution in [0.2, 0.25) is 0 Å². The number of allylic oxidation sites excluding steroid dienone is 1. The Labute approximate surface area is 82.1 Å². The Morgan fingerprint density at radius 1 is 1.43 bits per heavy atom. The summed E-state index contributed by atoms with van der Waals surface area (Å²) in [7, 11) is 0. The van der Waals surface area contributed by atoms with Gasteiger partial charge in [0.2, 0.25) is 6.79 Å². The summed E-state index contributed by atoms with van der Waals surface area (Å²) in [5, 5.41) is 0. The molecule has 3 heteroatoms. The molecule has 3 nitrogen and oxygen atoms in total. The summed E-state index contributed by atoms with van der Waals surface area (Å²) in [6.45, 7) is 0.271. The fourth-order valence-corrected chi connectivity index (χ4v) is 1.22. The van der Waals surface area contributed by atoms with E-state index in [0.29, 0.717) is 5.70 Å². The van der Waals surface area contributed by atoms with Crippen LogP contribution in [-0.4, -0.2) is 6.79 Å². The molecule has 0 aliphatic carbocycles. The van der Waals surface area contributed by atoms with Crippen LogP contribution in [0.15, 0.2) is 23.9 Å². The molecule has 0 saturated carbocycles. The van der Waals surface area contributed by atoms with E-state index in [-0.39, 0.29) is 6.79 Å². The summed E-state index contributed by atoms with van der Waals surface area (Å²) in [4.78, 5) is 0. The summed E-state index contributed by atoms with van der Waals surface area (Å²) in [6, 6.07) is 5.54. The van der Waals surface area contributed by atoms with Gasteiger partial charge in [0.05, 0.1) is 5.70 Å². The predicted octanol–water partition coefficient (Wildman–Crippen LogP) is 1.35. The van der Waals surface area contributed by atoms with Crippen LogP contribution in [0.25, 0.3) is 6.08 Å². The molecule has 0 radical (unpaired) electrons. The maximum absolute atomic E-state index is 5.50. The van der Waals surface area contributed by atoms with Crippen molar-refractivity contribution in [2.45, 2.75) is 0 Å². The fourth-order valence-electron chi connectivity index (χ4n) is 1.22. The fraction of sp³-hybridized carbons (Fsp3) is 0.0909. The molecule has 1 aromatic rings. The van der Waals surface area contributed by atoms with Crippen molar-refractivity contribution in [1.29, 1.82) is 0 Å². The van der Waals surface area contributed by atoms with Crippen LogP contribution >= 0.6 is 0 Å². The Morgan fingerprint density at radius 2 is 2.21 bits per heavy atom. The second-order valence-corrected chi connectivity index (χ2v) is 2.86. The molecular formula is C11H9NO2. The van der Waals surface area contributed by atoms with Crippen LogP contribution in [0.3, 0.4) is 0 Å². The molecule has 1 aliphatic heterocycles. The quantitative estimate of drug-likeness (QED) is 0.675. The highest BCUT2D eigenvalue weighted by Gasteiger charge is 2.12. The van der Waals surface area contributed by atoms with Crippen LogP contribution in [0, 0.1) is 12.3 Å². The van der Waals surface area contributed by atoms with Gasteiger partial charge in [-0.1, -0.05) is 12.0 Å². The Morgan fingerprint density at radius 3 is 3.00 bits per heavy atom. The van der Waals surface area contributed by atoms with Gasteiger partial charge < -0.3 is 15.2 Å². The molecule has 0 spiro atoms. The zero-order chi connectivity index (χ0) is 9.97. The summed E-state index contributed by atoms with van der Waals surface area (Å²) in [6.07, 6.45) is 6.84. The maximum atomic E-state index is 5.50. The first-order valence-corrected chi connectivity index (χ1v) is 4.13. The molecule has 0 fully saturated rings. The van der Waals surface area contributed by atoms with E-state index in [0.717, 1.165) is 17.1 Å². The molecule has 0 unspecified atom stereocenters. The maximum Gasteiger partial charge on any atom is 0.231 e. The molecule has 0 aromatic heterocycles. The van der Waals surface area contributed by atoms with Gasteiger partial charge in [-0.05, 0) is 23.8 Å². The van der Waals surface area contributed by atoms with Crippen molar-refractivity contribution in [2.24, 2.45) is 5.73 Å². The van der Waals surface area contributed by atoms with Crippen molar-refractivity contribution < 1.29 is 9.47 Å². The highest BCUT2D eigenvalue weighted by Crippen LogP contribution is 2.32. The van der Waals surface area contributed by atoms with Gasteiger partial charge in [-0.2, -0.15) is 0 Å². The number of hydrogen-bond acceptors (Lipinski definition) is 3. The van der Waals surface area contributed by atoms with Gasteiger partial charge in [0, 0.05) is 0 Å². The van der Waals surface area contributed by atoms with E-state index in [1.165, 1.54) is 0 Å². The number of rotatable bonds is 1. The van der Waals surface area contributed by atoms with E-state index in [1.54, 1.807) is 6.08 Å². The Kier molecular flexibility index (Phi) is 2.04. The minimum Gasteiger partial charge on any atom is -0.454 e. The Balaban J connectivity index is 2.35. The van der Waals surface area contributed by atoms with Crippen molar-refractivity contribution in [2.75, 3.05) is 6.79 Å². The smallest absolute Gasteiger partial charge is 0.231 e. The zero-order valence-electron chi connectivity index (χ0n) is 7.49. The molecule has 0 amide bonds. The van der Waals surface area contributed by atoms with Crippen LogP contribution < -0.4 is 15.2 Å². The summed E-state index contributed by atoms with van der Waals surface area (Å²) in [5.41, 5.74) is 6.80. The van der Waals surface area contributed by atoms with E-state index >= 15 is 0 Å².